The van der Waals surface area contributed by atoms with Crippen LogP contribution in [0.25, 0.3) is 5.57 Å². The second-order valence-corrected chi connectivity index (χ2v) is 7.92. The van der Waals surface area contributed by atoms with Crippen molar-refractivity contribution in [3.8, 4) is 0 Å². The van der Waals surface area contributed by atoms with Crippen molar-refractivity contribution in [3.05, 3.63) is 65.8 Å². The van der Waals surface area contributed by atoms with Crippen LogP contribution >= 0.6 is 0 Å². The summed E-state index contributed by atoms with van der Waals surface area (Å²) in [6.07, 6.45) is 4.27. The second-order valence-electron chi connectivity index (χ2n) is 7.92. The van der Waals surface area contributed by atoms with E-state index in [9.17, 15) is 9.59 Å². The minimum absolute atomic E-state index is 0.205. The molecule has 0 radical (unpaired) electrons. The Balaban J connectivity index is 1.56. The molecule has 1 aromatic heterocycles. The Morgan fingerprint density at radius 3 is 2.88 bits per heavy atom. The zero-order chi connectivity index (χ0) is 22.6. The van der Waals surface area contributed by atoms with E-state index < -0.39 is 23.6 Å². The Hall–Kier alpha value is -3.53. The lowest BCUT2D eigenvalue weighted by atomic mass is 9.84. The fourth-order valence-electron chi connectivity index (χ4n) is 4.00. The fourth-order valence-corrected chi connectivity index (χ4v) is 4.00. The molecule has 3 N–H and O–H groups in total. The first kappa shape index (κ1) is 21.7. The number of amides is 2. The van der Waals surface area contributed by atoms with Gasteiger partial charge in [0.25, 0.3) is 0 Å². The molecule has 1 fully saturated rings. The van der Waals surface area contributed by atoms with Gasteiger partial charge in [0, 0.05) is 25.6 Å². The molecule has 1 aromatic carbocycles. The van der Waals surface area contributed by atoms with E-state index in [0.29, 0.717) is 25.1 Å². The highest BCUT2D eigenvalue weighted by molar-refractivity contribution is 5.80. The van der Waals surface area contributed by atoms with E-state index in [2.05, 4.69) is 26.0 Å². The summed E-state index contributed by atoms with van der Waals surface area (Å²) in [6.45, 7) is 2.57. The summed E-state index contributed by atoms with van der Waals surface area (Å²) < 4.78 is 20.8. The van der Waals surface area contributed by atoms with Crippen LogP contribution in [-0.4, -0.2) is 63.6 Å². The average molecular weight is 440 g/mol. The van der Waals surface area contributed by atoms with E-state index >= 15 is 4.39 Å². The number of cyclic esters (lactones) is 1. The lowest BCUT2D eigenvalue weighted by Crippen LogP contribution is -2.55. The van der Waals surface area contributed by atoms with Gasteiger partial charge >= 0.3 is 6.09 Å². The third-order valence-corrected chi connectivity index (χ3v) is 5.60. The molecular formula is C22H25FN6O3. The maximum Gasteiger partial charge on any atom is 0.411 e. The van der Waals surface area contributed by atoms with E-state index in [1.54, 1.807) is 6.20 Å². The van der Waals surface area contributed by atoms with Gasteiger partial charge in [-0.2, -0.15) is 0 Å². The van der Waals surface area contributed by atoms with Crippen molar-refractivity contribution >= 4 is 17.6 Å². The predicted octanol–water partition coefficient (Wildman–Crippen LogP) is 1.93. The van der Waals surface area contributed by atoms with Crippen molar-refractivity contribution in [2.45, 2.75) is 31.5 Å². The maximum absolute atomic E-state index is 15.4. The van der Waals surface area contributed by atoms with E-state index in [4.69, 9.17) is 4.74 Å². The van der Waals surface area contributed by atoms with Crippen molar-refractivity contribution in [1.82, 2.24) is 30.9 Å². The first-order valence-corrected chi connectivity index (χ1v) is 10.4. The summed E-state index contributed by atoms with van der Waals surface area (Å²) in [5.41, 5.74) is 1.09. The quantitative estimate of drug-likeness (QED) is 0.578. The van der Waals surface area contributed by atoms with Crippen LogP contribution in [0.3, 0.4) is 0 Å². The zero-order valence-corrected chi connectivity index (χ0v) is 17.7. The van der Waals surface area contributed by atoms with Crippen LogP contribution in [0, 0.1) is 0 Å². The van der Waals surface area contributed by atoms with Gasteiger partial charge in [0.15, 0.2) is 0 Å². The number of hydrogen-bond donors (Lipinski definition) is 3. The van der Waals surface area contributed by atoms with Gasteiger partial charge in [-0.1, -0.05) is 41.6 Å². The molecule has 1 aliphatic carbocycles. The highest BCUT2D eigenvalue weighted by Gasteiger charge is 2.46. The molecule has 2 amide bonds. The van der Waals surface area contributed by atoms with Gasteiger partial charge in [0.1, 0.15) is 11.9 Å². The average Bonchev–Trinajstić information content (AvgIpc) is 3.43. The summed E-state index contributed by atoms with van der Waals surface area (Å²) >= 11 is 0. The number of halogens is 1. The molecule has 2 atom stereocenters. The number of aromatic nitrogens is 3. The molecule has 10 heteroatoms. The summed E-state index contributed by atoms with van der Waals surface area (Å²) in [5, 5.41) is 16.1. The molecule has 32 heavy (non-hydrogen) atoms. The number of ether oxygens (including phenoxy) is 1. The number of carbonyl (C=O) groups excluding carboxylic acids is 2. The Labute approximate surface area is 184 Å². The molecule has 0 saturated carbocycles. The molecule has 4 rings (SSSR count). The molecule has 1 unspecified atom stereocenters. The smallest absolute Gasteiger partial charge is 0.411 e. The molecule has 0 bridgehead atoms. The van der Waals surface area contributed by atoms with Gasteiger partial charge < -0.3 is 15.4 Å². The Morgan fingerprint density at radius 2 is 2.19 bits per heavy atom. The van der Waals surface area contributed by atoms with Crippen LogP contribution in [0.5, 0.6) is 0 Å². The topological polar surface area (TPSA) is 112 Å². The summed E-state index contributed by atoms with van der Waals surface area (Å²) in [7, 11) is 0. The van der Waals surface area contributed by atoms with Crippen molar-refractivity contribution in [2.24, 2.45) is 0 Å². The number of carbonyl (C=O) groups is 2. The van der Waals surface area contributed by atoms with Crippen LogP contribution < -0.4 is 10.6 Å². The van der Waals surface area contributed by atoms with Gasteiger partial charge in [0.2, 0.25) is 5.91 Å². The third kappa shape index (κ3) is 4.70. The van der Waals surface area contributed by atoms with Crippen LogP contribution in [-0.2, 0) is 16.1 Å². The normalized spacial score (nSPS) is 22.9. The molecule has 9 nitrogen and oxygen atoms in total. The van der Waals surface area contributed by atoms with Crippen LogP contribution in [0.4, 0.5) is 9.18 Å². The summed E-state index contributed by atoms with van der Waals surface area (Å²) in [5.74, 6) is -0.603. The number of rotatable bonds is 8. The van der Waals surface area contributed by atoms with Crippen LogP contribution in [0.2, 0.25) is 0 Å². The Kier molecular flexibility index (Phi) is 6.31. The van der Waals surface area contributed by atoms with Crippen molar-refractivity contribution in [1.29, 1.82) is 0 Å². The van der Waals surface area contributed by atoms with E-state index in [0.717, 1.165) is 11.3 Å². The molecule has 0 spiro atoms. The summed E-state index contributed by atoms with van der Waals surface area (Å²) in [4.78, 5) is 25.5. The third-order valence-electron chi connectivity index (χ3n) is 5.60. The minimum atomic E-state index is -0.960. The SMILES string of the molecule is CC(=O)NC[C@H]1CN(C2(CNCc3cnn[nH]3)C=C(F)C(c3ccccc3)=CC2)C(=O)O1. The van der Waals surface area contributed by atoms with Crippen molar-refractivity contribution < 1.29 is 18.7 Å². The number of benzene rings is 1. The number of hydrogen-bond acceptors (Lipinski definition) is 6. The number of nitrogens with one attached hydrogen (secondary N) is 3. The largest absolute Gasteiger partial charge is 0.442 e. The standard InChI is InChI=1S/C22H25FN6O3/c1-15(30)25-12-18-13-29(21(31)32-18)22(14-24-10-17-11-26-28-27-17)8-7-19(20(23)9-22)16-5-3-2-4-6-16/h2-7,9,11,18,24H,8,10,12-14H2,1H3,(H,25,30)(H,26,27,28)/t18-,22?/m0/s1. The maximum atomic E-state index is 15.4. The number of allylic oxidation sites excluding steroid dienone is 2. The molecule has 2 heterocycles. The molecule has 2 aliphatic rings. The summed E-state index contributed by atoms with van der Waals surface area (Å²) in [6, 6.07) is 9.29. The number of aromatic amines is 1. The monoisotopic (exact) mass is 440 g/mol. The van der Waals surface area contributed by atoms with Gasteiger partial charge in [-0.3, -0.25) is 14.8 Å². The second kappa shape index (κ2) is 9.31. The van der Waals surface area contributed by atoms with E-state index in [-0.39, 0.29) is 19.0 Å². The number of H-pyrrole nitrogens is 1. The lowest BCUT2D eigenvalue weighted by Gasteiger charge is -2.40. The van der Waals surface area contributed by atoms with Crippen LogP contribution in [0.15, 0.2) is 54.5 Å². The first-order chi connectivity index (χ1) is 15.5. The molecule has 2 aromatic rings. The first-order valence-electron chi connectivity index (χ1n) is 10.4. The van der Waals surface area contributed by atoms with Crippen molar-refractivity contribution in [3.63, 3.8) is 0 Å². The molecule has 1 saturated heterocycles. The highest BCUT2D eigenvalue weighted by atomic mass is 19.1. The van der Waals surface area contributed by atoms with Crippen molar-refractivity contribution in [2.75, 3.05) is 19.6 Å². The highest BCUT2D eigenvalue weighted by Crippen LogP contribution is 2.38. The molecule has 168 valence electrons. The van der Waals surface area contributed by atoms with Gasteiger partial charge in [-0.15, -0.1) is 5.10 Å². The Morgan fingerprint density at radius 1 is 1.38 bits per heavy atom. The minimum Gasteiger partial charge on any atom is -0.442 e. The molecular weight excluding hydrogens is 415 g/mol. The van der Waals surface area contributed by atoms with Gasteiger partial charge in [-0.05, 0) is 18.1 Å². The predicted molar refractivity (Wildman–Crippen MR) is 115 cm³/mol. The van der Waals surface area contributed by atoms with E-state index in [1.165, 1.54) is 17.9 Å². The van der Waals surface area contributed by atoms with E-state index in [1.807, 2.05) is 36.4 Å². The van der Waals surface area contributed by atoms with Gasteiger partial charge in [-0.25, -0.2) is 9.18 Å². The fraction of sp³-hybridized carbons (Fsp3) is 0.364. The molecule has 1 aliphatic heterocycles. The Bertz CT molecular complexity index is 1020. The van der Waals surface area contributed by atoms with Gasteiger partial charge in [0.05, 0.1) is 30.5 Å². The lowest BCUT2D eigenvalue weighted by molar-refractivity contribution is -0.119. The zero-order valence-electron chi connectivity index (χ0n) is 17.7. The van der Waals surface area contributed by atoms with Crippen LogP contribution in [0.1, 0.15) is 24.6 Å². The number of nitrogens with zero attached hydrogens (tertiary/aromatic N) is 3.